The van der Waals surface area contributed by atoms with Gasteiger partial charge in [0, 0.05) is 32.5 Å². The first-order valence-electron chi connectivity index (χ1n) is 21.9. The third-order valence-corrected chi connectivity index (χ3v) is 12.3. The van der Waals surface area contributed by atoms with E-state index in [0.29, 0.717) is 38.5 Å². The number of nitrogens with one attached hydrogen (secondary N) is 3. The maximum absolute atomic E-state index is 14.6. The molecule has 0 spiro atoms. The molecule has 3 saturated heterocycles. The third-order valence-electron chi connectivity index (χ3n) is 12.3. The summed E-state index contributed by atoms with van der Waals surface area (Å²) in [5.74, 6) is -4.41. The van der Waals surface area contributed by atoms with Crippen LogP contribution in [0.3, 0.4) is 0 Å². The number of phenolic OH excluding ortho intramolecular Hbond substituents is 1. The van der Waals surface area contributed by atoms with Crippen LogP contribution in [0.2, 0.25) is 0 Å². The Hall–Kier alpha value is -6.29. The number of carboxylic acids is 1. The average Bonchev–Trinajstić information content (AvgIpc) is 4.08. The van der Waals surface area contributed by atoms with Crippen LogP contribution < -0.4 is 21.7 Å². The van der Waals surface area contributed by atoms with Gasteiger partial charge in [0.25, 0.3) is 0 Å². The van der Waals surface area contributed by atoms with E-state index >= 15 is 0 Å². The standard InChI is InChI=1S/C47H59N7O9/c1-29(2)40(51-41(56)34(48)26-32-19-21-33(55)22-20-32)46(61)53-24-10-17-38(53)42(57)49-35(27-30-12-5-3-6-13-30)44(59)54-25-11-18-39(54)45(60)52-23-9-16-37(52)43(58)50-36(47(62)63)28-31-14-7-4-8-15-31/h3-8,12-15,19-22,29,34-40,55H,9-11,16-18,23-28,48H2,1-2H3,(H,49,57)(H,50,58)(H,51,56)(H,62,63)/t34-,35-,36-,37-,38-,39-,40-/m0/s1. The summed E-state index contributed by atoms with van der Waals surface area (Å²) >= 11 is 0. The fourth-order valence-electron chi connectivity index (χ4n) is 8.85. The smallest absolute Gasteiger partial charge is 0.326 e. The van der Waals surface area contributed by atoms with E-state index in [1.54, 1.807) is 50.2 Å². The summed E-state index contributed by atoms with van der Waals surface area (Å²) in [5, 5.41) is 27.9. The molecule has 7 N–H and O–H groups in total. The van der Waals surface area contributed by atoms with E-state index in [9.17, 15) is 43.8 Å². The molecule has 3 aliphatic rings. The minimum absolute atomic E-state index is 0.0708. The lowest BCUT2D eigenvalue weighted by Gasteiger charge is -2.34. The van der Waals surface area contributed by atoms with Crippen molar-refractivity contribution >= 4 is 41.4 Å². The molecular formula is C47H59N7O9. The van der Waals surface area contributed by atoms with Crippen molar-refractivity contribution in [2.75, 3.05) is 19.6 Å². The highest BCUT2D eigenvalue weighted by atomic mass is 16.4. The largest absolute Gasteiger partial charge is 0.508 e. The average molecular weight is 866 g/mol. The number of carbonyl (C=O) groups excluding carboxylic acids is 6. The monoisotopic (exact) mass is 865 g/mol. The molecule has 0 aromatic heterocycles. The van der Waals surface area contributed by atoms with Crippen molar-refractivity contribution in [2.45, 2.75) is 114 Å². The lowest BCUT2D eigenvalue weighted by molar-refractivity contribution is -0.149. The third kappa shape index (κ3) is 11.6. The van der Waals surface area contributed by atoms with Crippen LogP contribution in [0, 0.1) is 5.92 Å². The molecule has 3 aromatic rings. The second-order valence-electron chi connectivity index (χ2n) is 17.1. The Labute approximate surface area is 367 Å². The summed E-state index contributed by atoms with van der Waals surface area (Å²) < 4.78 is 0. The van der Waals surface area contributed by atoms with Crippen LogP contribution in [0.4, 0.5) is 0 Å². The second-order valence-corrected chi connectivity index (χ2v) is 17.1. The first kappa shape index (κ1) is 46.2. The molecule has 16 nitrogen and oxygen atoms in total. The molecule has 6 amide bonds. The second kappa shape index (κ2) is 21.2. The van der Waals surface area contributed by atoms with Gasteiger partial charge < -0.3 is 46.6 Å². The minimum Gasteiger partial charge on any atom is -0.508 e. The number of hydrogen-bond acceptors (Lipinski definition) is 9. The van der Waals surface area contributed by atoms with Crippen LogP contribution in [0.25, 0.3) is 0 Å². The number of nitrogens with two attached hydrogens (primary N) is 1. The number of aliphatic carboxylic acids is 1. The quantitative estimate of drug-likeness (QED) is 0.115. The lowest BCUT2D eigenvalue weighted by atomic mass is 10.00. The van der Waals surface area contributed by atoms with Gasteiger partial charge in [-0.2, -0.15) is 0 Å². The molecule has 3 aliphatic heterocycles. The van der Waals surface area contributed by atoms with Crippen molar-refractivity contribution in [3.05, 3.63) is 102 Å². The first-order valence-corrected chi connectivity index (χ1v) is 21.9. The zero-order valence-electron chi connectivity index (χ0n) is 35.9. The van der Waals surface area contributed by atoms with Crippen molar-refractivity contribution in [3.8, 4) is 5.75 Å². The molecule has 6 rings (SSSR count). The summed E-state index contributed by atoms with van der Waals surface area (Å²) in [6, 6.07) is 17.4. The van der Waals surface area contributed by atoms with Gasteiger partial charge in [0.2, 0.25) is 35.4 Å². The SMILES string of the molecule is CC(C)[C@H](NC(=O)[C@@H](N)Cc1ccc(O)cc1)C(=O)N1CCC[C@H]1C(=O)N[C@@H](Cc1ccccc1)C(=O)N1CCC[C@H]1C(=O)N1CCC[C@H]1C(=O)N[C@@H](Cc1ccccc1)C(=O)O. The van der Waals surface area contributed by atoms with E-state index in [1.807, 2.05) is 36.4 Å². The molecule has 0 unspecified atom stereocenters. The summed E-state index contributed by atoms with van der Waals surface area (Å²) in [6.07, 6.45) is 2.94. The van der Waals surface area contributed by atoms with E-state index < -0.39 is 83.7 Å². The van der Waals surface area contributed by atoms with Crippen molar-refractivity contribution in [1.82, 2.24) is 30.7 Å². The van der Waals surface area contributed by atoms with Crippen molar-refractivity contribution in [1.29, 1.82) is 0 Å². The van der Waals surface area contributed by atoms with Gasteiger partial charge in [0.1, 0.15) is 42.0 Å². The van der Waals surface area contributed by atoms with Crippen molar-refractivity contribution in [3.63, 3.8) is 0 Å². The summed E-state index contributed by atoms with van der Waals surface area (Å²) in [5.41, 5.74) is 8.48. The van der Waals surface area contributed by atoms with Crippen molar-refractivity contribution in [2.24, 2.45) is 11.7 Å². The van der Waals surface area contributed by atoms with Gasteiger partial charge in [-0.05, 0) is 79.7 Å². The highest BCUT2D eigenvalue weighted by molar-refractivity contribution is 5.98. The predicted octanol–water partition coefficient (Wildman–Crippen LogP) is 1.92. The highest BCUT2D eigenvalue weighted by Crippen LogP contribution is 2.27. The van der Waals surface area contributed by atoms with E-state index in [4.69, 9.17) is 5.73 Å². The Bertz CT molecular complexity index is 2100. The van der Waals surface area contributed by atoms with E-state index in [-0.39, 0.29) is 50.6 Å². The molecule has 0 saturated carbocycles. The lowest BCUT2D eigenvalue weighted by Crippen LogP contribution is -2.60. The molecule has 3 heterocycles. The number of rotatable bonds is 17. The number of nitrogens with zero attached hydrogens (tertiary/aromatic N) is 3. The Kier molecular flexibility index (Phi) is 15.5. The van der Waals surface area contributed by atoms with Gasteiger partial charge in [0.15, 0.2) is 0 Å². The van der Waals surface area contributed by atoms with Gasteiger partial charge >= 0.3 is 5.97 Å². The first-order chi connectivity index (χ1) is 30.2. The molecule has 0 radical (unpaired) electrons. The number of benzene rings is 3. The molecule has 7 atom stereocenters. The van der Waals surface area contributed by atoms with Crippen LogP contribution in [0.15, 0.2) is 84.9 Å². The van der Waals surface area contributed by atoms with Crippen LogP contribution >= 0.6 is 0 Å². The summed E-state index contributed by atoms with van der Waals surface area (Å²) in [7, 11) is 0. The Morgan fingerprint density at radius 3 is 1.60 bits per heavy atom. The molecule has 3 aromatic carbocycles. The summed E-state index contributed by atoms with van der Waals surface area (Å²) in [6.45, 7) is 4.36. The number of aromatic hydroxyl groups is 1. The molecule has 336 valence electrons. The van der Waals surface area contributed by atoms with E-state index in [1.165, 1.54) is 26.8 Å². The maximum Gasteiger partial charge on any atom is 0.326 e. The maximum atomic E-state index is 14.6. The summed E-state index contributed by atoms with van der Waals surface area (Å²) in [4.78, 5) is 101. The topological polar surface area (TPSA) is 232 Å². The van der Waals surface area contributed by atoms with Gasteiger partial charge in [0.05, 0.1) is 6.04 Å². The van der Waals surface area contributed by atoms with Crippen LogP contribution in [-0.4, -0.2) is 128 Å². The van der Waals surface area contributed by atoms with Gasteiger partial charge in [-0.1, -0.05) is 86.6 Å². The normalized spacial score (nSPS) is 20.4. The number of phenols is 1. The van der Waals surface area contributed by atoms with Crippen LogP contribution in [-0.2, 0) is 52.8 Å². The minimum atomic E-state index is -1.20. The van der Waals surface area contributed by atoms with Gasteiger partial charge in [-0.3, -0.25) is 28.8 Å². The Balaban J connectivity index is 1.14. The van der Waals surface area contributed by atoms with E-state index in [2.05, 4.69) is 16.0 Å². The zero-order valence-corrected chi connectivity index (χ0v) is 35.9. The highest BCUT2D eigenvalue weighted by Gasteiger charge is 2.45. The number of carboxylic acid groups (broad SMARTS) is 1. The molecule has 16 heteroatoms. The molecular weight excluding hydrogens is 807 g/mol. The van der Waals surface area contributed by atoms with Crippen molar-refractivity contribution < 1.29 is 43.8 Å². The molecule has 0 bridgehead atoms. The molecule has 0 aliphatic carbocycles. The van der Waals surface area contributed by atoms with Crippen LogP contribution in [0.5, 0.6) is 5.75 Å². The molecule has 63 heavy (non-hydrogen) atoms. The Morgan fingerprint density at radius 1 is 0.603 bits per heavy atom. The fourth-order valence-corrected chi connectivity index (χ4v) is 8.85. The number of hydrogen-bond donors (Lipinski definition) is 6. The van der Waals surface area contributed by atoms with Crippen LogP contribution in [0.1, 0.15) is 69.1 Å². The predicted molar refractivity (Wildman–Crippen MR) is 233 cm³/mol. The fraction of sp³-hybridized carbons (Fsp3) is 0.468. The number of carbonyl (C=O) groups is 7. The zero-order chi connectivity index (χ0) is 45.2. The number of likely N-dealkylation sites (tertiary alicyclic amines) is 3. The van der Waals surface area contributed by atoms with Gasteiger partial charge in [-0.15, -0.1) is 0 Å². The van der Waals surface area contributed by atoms with E-state index in [0.717, 1.165) is 16.7 Å². The van der Waals surface area contributed by atoms with Gasteiger partial charge in [-0.25, -0.2) is 4.79 Å². The Morgan fingerprint density at radius 2 is 1.06 bits per heavy atom. The molecule has 3 fully saturated rings. The number of amides is 6.